The lowest BCUT2D eigenvalue weighted by atomic mass is 9.92. The molecule has 0 fully saturated rings. The van der Waals surface area contributed by atoms with Crippen molar-refractivity contribution in [3.63, 3.8) is 0 Å². The number of rotatable bonds is 2. The van der Waals surface area contributed by atoms with Gasteiger partial charge in [-0.15, -0.1) is 0 Å². The predicted molar refractivity (Wildman–Crippen MR) is 56.7 cm³/mol. The fourth-order valence-corrected chi connectivity index (χ4v) is 1.56. The van der Waals surface area contributed by atoms with E-state index in [1.165, 1.54) is 26.0 Å². The van der Waals surface area contributed by atoms with Crippen LogP contribution in [0.25, 0.3) is 0 Å². The van der Waals surface area contributed by atoms with E-state index in [9.17, 15) is 9.90 Å². The summed E-state index contributed by atoms with van der Waals surface area (Å²) in [6.45, 7) is 2.73. The second kappa shape index (κ2) is 3.89. The van der Waals surface area contributed by atoms with E-state index >= 15 is 0 Å². The minimum atomic E-state index is -1.53. The molecule has 0 bridgehead atoms. The van der Waals surface area contributed by atoms with Gasteiger partial charge in [-0.05, 0) is 37.6 Å². The highest BCUT2D eigenvalue weighted by molar-refractivity contribution is 6.34. The maximum Gasteiger partial charge on any atom is 0.165 e. The van der Waals surface area contributed by atoms with E-state index in [-0.39, 0.29) is 5.78 Å². The lowest BCUT2D eigenvalue weighted by Crippen LogP contribution is -2.29. The minimum absolute atomic E-state index is 0.351. The standard InChI is InChI=1S/C10H10Cl2O2/c1-6(13)10(2,14)7-3-8(11)5-9(12)4-7/h3-5,14H,1-2H3. The van der Waals surface area contributed by atoms with Crippen LogP contribution in [-0.4, -0.2) is 10.9 Å². The quantitative estimate of drug-likeness (QED) is 0.852. The lowest BCUT2D eigenvalue weighted by molar-refractivity contribution is -0.134. The molecule has 0 radical (unpaired) electrons. The van der Waals surface area contributed by atoms with Gasteiger partial charge in [0, 0.05) is 10.0 Å². The van der Waals surface area contributed by atoms with Crippen molar-refractivity contribution in [1.82, 2.24) is 0 Å². The van der Waals surface area contributed by atoms with Crippen molar-refractivity contribution in [2.45, 2.75) is 19.4 Å². The Morgan fingerprint density at radius 1 is 1.29 bits per heavy atom. The maximum absolute atomic E-state index is 11.2. The third kappa shape index (κ3) is 2.27. The van der Waals surface area contributed by atoms with Crippen LogP contribution in [0.5, 0.6) is 0 Å². The van der Waals surface area contributed by atoms with Crippen molar-refractivity contribution in [3.8, 4) is 0 Å². The monoisotopic (exact) mass is 232 g/mol. The van der Waals surface area contributed by atoms with Crippen molar-refractivity contribution in [2.75, 3.05) is 0 Å². The zero-order valence-electron chi connectivity index (χ0n) is 7.84. The molecule has 1 rings (SSSR count). The van der Waals surface area contributed by atoms with E-state index in [2.05, 4.69) is 0 Å². The second-order valence-corrected chi connectivity index (χ2v) is 4.16. The molecular formula is C10H10Cl2O2. The Kier molecular flexibility index (Phi) is 3.20. The Morgan fingerprint density at radius 2 is 1.71 bits per heavy atom. The van der Waals surface area contributed by atoms with Crippen LogP contribution in [0.4, 0.5) is 0 Å². The van der Waals surface area contributed by atoms with E-state index in [1.54, 1.807) is 6.07 Å². The first kappa shape index (κ1) is 11.5. The van der Waals surface area contributed by atoms with Gasteiger partial charge in [-0.1, -0.05) is 23.2 Å². The molecule has 1 aromatic rings. The van der Waals surface area contributed by atoms with Crippen LogP contribution >= 0.6 is 23.2 Å². The normalized spacial score (nSPS) is 14.9. The van der Waals surface area contributed by atoms with E-state index in [4.69, 9.17) is 23.2 Å². The van der Waals surface area contributed by atoms with Gasteiger partial charge >= 0.3 is 0 Å². The van der Waals surface area contributed by atoms with Gasteiger partial charge in [0.1, 0.15) is 5.60 Å². The van der Waals surface area contributed by atoms with Crippen molar-refractivity contribution < 1.29 is 9.90 Å². The van der Waals surface area contributed by atoms with Gasteiger partial charge in [0.15, 0.2) is 5.78 Å². The minimum Gasteiger partial charge on any atom is -0.378 e. The zero-order chi connectivity index (χ0) is 10.9. The molecule has 1 unspecified atom stereocenters. The third-order valence-corrected chi connectivity index (χ3v) is 2.55. The Bertz CT molecular complexity index is 352. The van der Waals surface area contributed by atoms with Crippen LogP contribution in [0.15, 0.2) is 18.2 Å². The number of ketones is 1. The molecule has 14 heavy (non-hydrogen) atoms. The van der Waals surface area contributed by atoms with Gasteiger partial charge in [-0.25, -0.2) is 0 Å². The molecule has 1 atom stereocenters. The van der Waals surface area contributed by atoms with Crippen LogP contribution in [0.1, 0.15) is 19.4 Å². The Hall–Kier alpha value is -0.570. The first-order chi connectivity index (χ1) is 6.34. The molecule has 0 aliphatic carbocycles. The van der Waals surface area contributed by atoms with Gasteiger partial charge in [0.2, 0.25) is 0 Å². The molecule has 0 saturated heterocycles. The summed E-state index contributed by atoms with van der Waals surface area (Å²) in [5.41, 5.74) is -1.13. The molecule has 1 aromatic carbocycles. The molecule has 0 saturated carbocycles. The van der Waals surface area contributed by atoms with Crippen molar-refractivity contribution in [3.05, 3.63) is 33.8 Å². The van der Waals surface area contributed by atoms with Crippen molar-refractivity contribution in [2.24, 2.45) is 0 Å². The van der Waals surface area contributed by atoms with Gasteiger partial charge in [-0.2, -0.15) is 0 Å². The molecule has 0 amide bonds. The first-order valence-electron chi connectivity index (χ1n) is 4.04. The number of Topliss-reactive ketones (excluding diaryl/α,β-unsaturated/α-hetero) is 1. The molecular weight excluding hydrogens is 223 g/mol. The summed E-state index contributed by atoms with van der Waals surface area (Å²) in [7, 11) is 0. The number of carbonyl (C=O) groups is 1. The summed E-state index contributed by atoms with van der Waals surface area (Å²) in [4.78, 5) is 11.2. The molecule has 4 heteroatoms. The Labute approximate surface area is 92.5 Å². The average molecular weight is 233 g/mol. The van der Waals surface area contributed by atoms with Crippen molar-refractivity contribution >= 4 is 29.0 Å². The Morgan fingerprint density at radius 3 is 2.07 bits per heavy atom. The third-order valence-electron chi connectivity index (χ3n) is 2.11. The van der Waals surface area contributed by atoms with Gasteiger partial charge < -0.3 is 5.11 Å². The van der Waals surface area contributed by atoms with E-state index in [0.29, 0.717) is 15.6 Å². The van der Waals surface area contributed by atoms with Gasteiger partial charge in [0.05, 0.1) is 0 Å². The Balaban J connectivity index is 3.25. The number of carbonyl (C=O) groups excluding carboxylic acids is 1. The molecule has 0 aliphatic rings. The fraction of sp³-hybridized carbons (Fsp3) is 0.300. The molecule has 0 spiro atoms. The smallest absolute Gasteiger partial charge is 0.165 e. The number of hydrogen-bond acceptors (Lipinski definition) is 2. The number of hydrogen-bond donors (Lipinski definition) is 1. The van der Waals surface area contributed by atoms with Gasteiger partial charge in [0.25, 0.3) is 0 Å². The van der Waals surface area contributed by atoms with E-state index in [1.807, 2.05) is 0 Å². The zero-order valence-corrected chi connectivity index (χ0v) is 9.36. The molecule has 0 aromatic heterocycles. The largest absolute Gasteiger partial charge is 0.378 e. The van der Waals surface area contributed by atoms with Crippen LogP contribution in [0.2, 0.25) is 10.0 Å². The number of benzene rings is 1. The number of aliphatic hydroxyl groups is 1. The first-order valence-corrected chi connectivity index (χ1v) is 4.79. The average Bonchev–Trinajstić information content (AvgIpc) is 2.01. The SMILES string of the molecule is CC(=O)C(C)(O)c1cc(Cl)cc(Cl)c1. The molecule has 76 valence electrons. The van der Waals surface area contributed by atoms with Gasteiger partial charge in [-0.3, -0.25) is 4.79 Å². The van der Waals surface area contributed by atoms with Crippen LogP contribution in [-0.2, 0) is 10.4 Å². The van der Waals surface area contributed by atoms with E-state index in [0.717, 1.165) is 0 Å². The molecule has 2 nitrogen and oxygen atoms in total. The summed E-state index contributed by atoms with van der Waals surface area (Å²) in [6.07, 6.45) is 0. The second-order valence-electron chi connectivity index (χ2n) is 3.29. The van der Waals surface area contributed by atoms with Crippen LogP contribution in [0.3, 0.4) is 0 Å². The summed E-state index contributed by atoms with van der Waals surface area (Å²) in [5, 5.41) is 10.6. The topological polar surface area (TPSA) is 37.3 Å². The van der Waals surface area contributed by atoms with E-state index < -0.39 is 5.60 Å². The molecule has 0 aliphatic heterocycles. The number of halogens is 2. The lowest BCUT2D eigenvalue weighted by Gasteiger charge is -2.20. The van der Waals surface area contributed by atoms with Crippen molar-refractivity contribution in [1.29, 1.82) is 0 Å². The predicted octanol–water partition coefficient (Wildman–Crippen LogP) is 2.79. The summed E-state index contributed by atoms with van der Waals surface area (Å²) >= 11 is 11.5. The maximum atomic E-state index is 11.2. The highest BCUT2D eigenvalue weighted by Crippen LogP contribution is 2.27. The summed E-state index contributed by atoms with van der Waals surface area (Å²) < 4.78 is 0. The highest BCUT2D eigenvalue weighted by atomic mass is 35.5. The fourth-order valence-electron chi connectivity index (χ4n) is 1.04. The molecule has 1 N–H and O–H groups in total. The van der Waals surface area contributed by atoms with Crippen LogP contribution < -0.4 is 0 Å². The van der Waals surface area contributed by atoms with Crippen LogP contribution in [0, 0.1) is 0 Å². The summed E-state index contributed by atoms with van der Waals surface area (Å²) in [5.74, 6) is -0.351. The summed E-state index contributed by atoms with van der Waals surface area (Å²) in [6, 6.07) is 4.59. The highest BCUT2D eigenvalue weighted by Gasteiger charge is 2.29. The molecule has 0 heterocycles.